The van der Waals surface area contributed by atoms with E-state index in [1.807, 2.05) is 0 Å². The van der Waals surface area contributed by atoms with E-state index in [-0.39, 0.29) is 0 Å². The molecule has 0 radical (unpaired) electrons. The topological polar surface area (TPSA) is 17.1 Å². The van der Waals surface area contributed by atoms with Crippen molar-refractivity contribution in [2.24, 2.45) is 5.41 Å². The number of rotatable bonds is 1. The number of ketones is 1. The number of hydrogen-bond donors (Lipinski definition) is 0. The molecule has 0 amide bonds. The molecule has 0 aromatic carbocycles. The van der Waals surface area contributed by atoms with Crippen LogP contribution in [0, 0.1) is 5.41 Å². The van der Waals surface area contributed by atoms with Crippen molar-refractivity contribution in [1.82, 2.24) is 0 Å². The van der Waals surface area contributed by atoms with Gasteiger partial charge in [0.05, 0.1) is 0 Å². The summed E-state index contributed by atoms with van der Waals surface area (Å²) in [5, 5.41) is 0. The molecule has 0 spiro atoms. The van der Waals surface area contributed by atoms with Crippen LogP contribution in [0.3, 0.4) is 0 Å². The largest absolute Gasteiger partial charge is 0.395 e. The zero-order valence-corrected chi connectivity index (χ0v) is 6.75. The molecule has 0 rings (SSSR count). The van der Waals surface area contributed by atoms with E-state index in [0.717, 1.165) is 0 Å². The monoisotopic (exact) mass is 168 g/mol. The van der Waals surface area contributed by atoms with Crippen LogP contribution in [0.15, 0.2) is 0 Å². The van der Waals surface area contributed by atoms with E-state index in [0.29, 0.717) is 0 Å². The van der Waals surface area contributed by atoms with Gasteiger partial charge in [-0.2, -0.15) is 13.2 Å². The van der Waals surface area contributed by atoms with E-state index in [9.17, 15) is 18.0 Å². The molecule has 0 bridgehead atoms. The molecule has 66 valence electrons. The maximum Gasteiger partial charge on any atom is 0.395 e. The van der Waals surface area contributed by atoms with Crippen LogP contribution in [0.25, 0.3) is 0 Å². The lowest BCUT2D eigenvalue weighted by molar-refractivity contribution is -0.157. The number of hydrogen-bond acceptors (Lipinski definition) is 1. The summed E-state index contributed by atoms with van der Waals surface area (Å²) in [6.45, 7) is 4.42. The summed E-state index contributed by atoms with van der Waals surface area (Å²) in [7, 11) is 0. The first-order valence-electron chi connectivity index (χ1n) is 3.23. The standard InChI is InChI=1S/C7H11F3O/c1-6(2,3)5(11)4-7(8,9)10/h4H2,1-3H3. The van der Waals surface area contributed by atoms with Crippen LogP contribution in [0.1, 0.15) is 27.2 Å². The summed E-state index contributed by atoms with van der Waals surface area (Å²) in [5.74, 6) is -0.773. The Bertz CT molecular complexity index is 152. The summed E-state index contributed by atoms with van der Waals surface area (Å²) in [4.78, 5) is 10.8. The van der Waals surface area contributed by atoms with Gasteiger partial charge in [-0.05, 0) is 0 Å². The van der Waals surface area contributed by atoms with Gasteiger partial charge in [0.2, 0.25) is 0 Å². The van der Waals surface area contributed by atoms with Gasteiger partial charge in [0.15, 0.2) is 0 Å². The van der Waals surface area contributed by atoms with Gasteiger partial charge < -0.3 is 0 Å². The predicted octanol–water partition coefficient (Wildman–Crippen LogP) is 2.55. The van der Waals surface area contributed by atoms with E-state index < -0.39 is 23.8 Å². The van der Waals surface area contributed by atoms with Crippen LogP contribution in [0.2, 0.25) is 0 Å². The van der Waals surface area contributed by atoms with Crippen LogP contribution in [0.4, 0.5) is 13.2 Å². The van der Waals surface area contributed by atoms with Gasteiger partial charge >= 0.3 is 6.18 Å². The minimum Gasteiger partial charge on any atom is -0.299 e. The number of carbonyl (C=O) groups excluding carboxylic acids is 1. The fourth-order valence-electron chi connectivity index (χ4n) is 0.447. The molecule has 0 aliphatic rings. The highest BCUT2D eigenvalue weighted by atomic mass is 19.4. The molecule has 0 heterocycles. The Morgan fingerprint density at radius 2 is 1.55 bits per heavy atom. The Kier molecular flexibility index (Phi) is 2.69. The Morgan fingerprint density at radius 3 is 1.64 bits per heavy atom. The normalized spacial score (nSPS) is 13.3. The van der Waals surface area contributed by atoms with Crippen molar-refractivity contribution in [2.75, 3.05) is 0 Å². The molecule has 0 aliphatic heterocycles. The average molecular weight is 168 g/mol. The third-order valence-electron chi connectivity index (χ3n) is 1.20. The van der Waals surface area contributed by atoms with Crippen molar-refractivity contribution >= 4 is 5.78 Å². The first-order valence-corrected chi connectivity index (χ1v) is 3.23. The van der Waals surface area contributed by atoms with Crippen molar-refractivity contribution in [3.05, 3.63) is 0 Å². The van der Waals surface area contributed by atoms with Crippen molar-refractivity contribution in [1.29, 1.82) is 0 Å². The van der Waals surface area contributed by atoms with E-state index in [2.05, 4.69) is 0 Å². The van der Waals surface area contributed by atoms with Crippen molar-refractivity contribution in [3.63, 3.8) is 0 Å². The molecule has 0 aromatic rings. The van der Waals surface area contributed by atoms with Crippen molar-refractivity contribution in [3.8, 4) is 0 Å². The summed E-state index contributed by atoms with van der Waals surface area (Å²) in [6.07, 6.45) is -5.69. The van der Waals surface area contributed by atoms with Crippen LogP contribution in [-0.2, 0) is 4.79 Å². The minimum atomic E-state index is -4.37. The Labute approximate surface area is 63.6 Å². The molecule has 0 atom stereocenters. The lowest BCUT2D eigenvalue weighted by atomic mass is 9.89. The van der Waals surface area contributed by atoms with Crippen molar-refractivity contribution in [2.45, 2.75) is 33.4 Å². The average Bonchev–Trinajstić information content (AvgIpc) is 1.56. The molecule has 0 fully saturated rings. The number of Topliss-reactive ketones (excluding diaryl/α,β-unsaturated/α-hetero) is 1. The zero-order chi connectivity index (χ0) is 9.28. The van der Waals surface area contributed by atoms with E-state index in [4.69, 9.17) is 0 Å². The molecular formula is C7H11F3O. The fourth-order valence-corrected chi connectivity index (χ4v) is 0.447. The molecule has 0 unspecified atom stereocenters. The molecule has 0 saturated heterocycles. The zero-order valence-electron chi connectivity index (χ0n) is 6.75. The SMILES string of the molecule is CC(C)(C)C(=O)CC(F)(F)F. The van der Waals surface area contributed by atoms with Crippen LogP contribution < -0.4 is 0 Å². The quantitative estimate of drug-likeness (QED) is 0.588. The maximum absolute atomic E-state index is 11.6. The molecule has 0 aliphatic carbocycles. The third-order valence-corrected chi connectivity index (χ3v) is 1.20. The smallest absolute Gasteiger partial charge is 0.299 e. The van der Waals surface area contributed by atoms with E-state index >= 15 is 0 Å². The second kappa shape index (κ2) is 2.83. The van der Waals surface area contributed by atoms with E-state index in [1.54, 1.807) is 0 Å². The van der Waals surface area contributed by atoms with Crippen molar-refractivity contribution < 1.29 is 18.0 Å². The first kappa shape index (κ1) is 10.5. The highest BCUT2D eigenvalue weighted by Gasteiger charge is 2.35. The Balaban J connectivity index is 4.11. The molecule has 4 heteroatoms. The van der Waals surface area contributed by atoms with Gasteiger partial charge in [-0.1, -0.05) is 20.8 Å². The lowest BCUT2D eigenvalue weighted by Crippen LogP contribution is -2.26. The lowest BCUT2D eigenvalue weighted by Gasteiger charge is -2.17. The van der Waals surface area contributed by atoms with Gasteiger partial charge in [0, 0.05) is 5.41 Å². The summed E-state index contributed by atoms with van der Waals surface area (Å²) < 4.78 is 34.8. The summed E-state index contributed by atoms with van der Waals surface area (Å²) >= 11 is 0. The van der Waals surface area contributed by atoms with Crippen LogP contribution in [0.5, 0.6) is 0 Å². The predicted molar refractivity (Wildman–Crippen MR) is 35.1 cm³/mol. The molecule has 0 N–H and O–H groups in total. The van der Waals surface area contributed by atoms with E-state index in [1.165, 1.54) is 20.8 Å². The van der Waals surface area contributed by atoms with Crippen LogP contribution in [-0.4, -0.2) is 12.0 Å². The minimum absolute atomic E-state index is 0.773. The molecule has 11 heavy (non-hydrogen) atoms. The highest BCUT2D eigenvalue weighted by molar-refractivity contribution is 5.84. The number of carbonyl (C=O) groups is 1. The molecule has 1 nitrogen and oxygen atoms in total. The number of alkyl halides is 3. The fraction of sp³-hybridized carbons (Fsp3) is 0.857. The molecule has 0 aromatic heterocycles. The molecule has 0 saturated carbocycles. The van der Waals surface area contributed by atoms with Gasteiger partial charge in [-0.3, -0.25) is 4.79 Å². The first-order chi connectivity index (χ1) is 4.63. The van der Waals surface area contributed by atoms with Gasteiger partial charge in [0.1, 0.15) is 12.2 Å². The second-order valence-corrected chi connectivity index (χ2v) is 3.47. The van der Waals surface area contributed by atoms with Crippen LogP contribution >= 0.6 is 0 Å². The molecular weight excluding hydrogens is 157 g/mol. The highest BCUT2D eigenvalue weighted by Crippen LogP contribution is 2.26. The van der Waals surface area contributed by atoms with Gasteiger partial charge in [-0.25, -0.2) is 0 Å². The summed E-state index contributed by atoms with van der Waals surface area (Å²) in [6, 6.07) is 0. The Morgan fingerprint density at radius 1 is 1.18 bits per heavy atom. The second-order valence-electron chi connectivity index (χ2n) is 3.47. The third kappa shape index (κ3) is 4.81. The summed E-state index contributed by atoms with van der Waals surface area (Å²) in [5.41, 5.74) is -0.893. The van der Waals surface area contributed by atoms with Gasteiger partial charge in [-0.15, -0.1) is 0 Å². The Hall–Kier alpha value is -0.540. The number of halogens is 3. The maximum atomic E-state index is 11.6. The van der Waals surface area contributed by atoms with Gasteiger partial charge in [0.25, 0.3) is 0 Å².